The number of ether oxygens (including phenoxy) is 1. The highest BCUT2D eigenvalue weighted by atomic mass is 79.9. The number of urea groups is 1. The van der Waals surface area contributed by atoms with Crippen LogP contribution in [-0.4, -0.2) is 26.5 Å². The van der Waals surface area contributed by atoms with E-state index in [1.807, 2.05) is 11.6 Å². The summed E-state index contributed by atoms with van der Waals surface area (Å²) in [5.74, 6) is -0.994. The number of esters is 1. The number of fused-ring (bicyclic) bond motifs is 1. The van der Waals surface area contributed by atoms with Crippen LogP contribution in [0.2, 0.25) is 0 Å². The number of carbonyl (C=O) groups excluding carboxylic acids is 2. The average molecular weight is 546 g/mol. The Hall–Kier alpha value is -1.91. The summed E-state index contributed by atoms with van der Waals surface area (Å²) in [5.41, 5.74) is 2.39. The monoisotopic (exact) mass is 544 g/mol. The fourth-order valence-electron chi connectivity index (χ4n) is 3.56. The molecule has 2 N–H and O–H groups in total. The molecule has 1 aromatic carbocycles. The number of hydrogen-bond acceptors (Lipinski definition) is 5. The molecule has 1 aromatic rings. The van der Waals surface area contributed by atoms with E-state index in [2.05, 4.69) is 37.2 Å². The molecule has 1 aliphatic heterocycles. The summed E-state index contributed by atoms with van der Waals surface area (Å²) in [6.45, 7) is 5.22. The molecule has 7 nitrogen and oxygen atoms in total. The highest BCUT2D eigenvalue weighted by Gasteiger charge is 2.43. The Bertz CT molecular complexity index is 1110. The minimum atomic E-state index is -4.27. The fourth-order valence-corrected chi connectivity index (χ4v) is 5.67. The van der Waals surface area contributed by atoms with Gasteiger partial charge in [0.1, 0.15) is 4.91 Å². The topological polar surface area (TPSA) is 102 Å². The molecule has 2 aliphatic rings. The molecule has 0 bridgehead atoms. The number of hydrogen-bond donors (Lipinski definition) is 2. The second-order valence-electron chi connectivity index (χ2n) is 6.82. The molecule has 0 saturated carbocycles. The van der Waals surface area contributed by atoms with Crippen molar-refractivity contribution in [1.29, 1.82) is 0 Å². The highest BCUT2D eigenvalue weighted by molar-refractivity contribution is 9.13. The van der Waals surface area contributed by atoms with Crippen LogP contribution in [0.15, 0.2) is 60.9 Å². The van der Waals surface area contributed by atoms with Crippen molar-refractivity contribution in [3.05, 3.63) is 60.9 Å². The van der Waals surface area contributed by atoms with Gasteiger partial charge in [-0.15, -0.1) is 0 Å². The molecule has 10 heteroatoms. The first-order chi connectivity index (χ1) is 13.5. The Labute approximate surface area is 185 Å². The van der Waals surface area contributed by atoms with Crippen LogP contribution in [0.3, 0.4) is 0 Å². The van der Waals surface area contributed by atoms with Crippen LogP contribution in [-0.2, 0) is 19.6 Å². The largest absolute Gasteiger partial charge is 0.452 e. The minimum Gasteiger partial charge on any atom is -0.452 e. The number of allylic oxidation sites excluding steroid dienone is 2. The summed E-state index contributed by atoms with van der Waals surface area (Å²) >= 11 is 6.64. The first-order valence-electron chi connectivity index (χ1n) is 8.57. The summed E-state index contributed by atoms with van der Waals surface area (Å²) in [7, 11) is -4.27. The van der Waals surface area contributed by atoms with Crippen molar-refractivity contribution in [2.45, 2.75) is 26.9 Å². The second-order valence-corrected chi connectivity index (χ2v) is 10.1. The zero-order chi connectivity index (χ0) is 21.5. The molecule has 1 heterocycles. The lowest BCUT2D eigenvalue weighted by Gasteiger charge is -2.36. The van der Waals surface area contributed by atoms with E-state index < -0.39 is 28.1 Å². The Morgan fingerprint density at radius 3 is 2.45 bits per heavy atom. The van der Waals surface area contributed by atoms with Gasteiger partial charge in [-0.2, -0.15) is 0 Å². The molecule has 0 radical (unpaired) electrons. The van der Waals surface area contributed by atoms with Gasteiger partial charge in [0.15, 0.2) is 6.10 Å². The summed E-state index contributed by atoms with van der Waals surface area (Å²) in [6, 6.07) is 4.15. The minimum absolute atomic E-state index is 0.127. The van der Waals surface area contributed by atoms with Gasteiger partial charge in [-0.25, -0.2) is 22.7 Å². The van der Waals surface area contributed by atoms with Crippen molar-refractivity contribution in [2.24, 2.45) is 5.92 Å². The van der Waals surface area contributed by atoms with E-state index in [1.165, 1.54) is 6.08 Å². The number of rotatable bonds is 3. The molecule has 0 fully saturated rings. The summed E-state index contributed by atoms with van der Waals surface area (Å²) < 4.78 is 34.7. The van der Waals surface area contributed by atoms with E-state index in [0.717, 1.165) is 5.57 Å². The highest BCUT2D eigenvalue weighted by Crippen LogP contribution is 2.40. The zero-order valence-corrected chi connectivity index (χ0v) is 19.7. The van der Waals surface area contributed by atoms with Crippen molar-refractivity contribution < 1.29 is 22.7 Å². The van der Waals surface area contributed by atoms with Crippen molar-refractivity contribution in [3.8, 4) is 0 Å². The third kappa shape index (κ3) is 4.34. The molecule has 154 valence electrons. The SMILES string of the molecule is CC1=CC(=O)OC2C(S(=O)(=O)NC(=O)Nc3cccc(Br)c3Br)=C(C)C=C(C)C12. The summed E-state index contributed by atoms with van der Waals surface area (Å²) in [4.78, 5) is 24.2. The number of carbonyl (C=O) groups is 2. The Kier molecular flexibility index (Phi) is 6.07. The van der Waals surface area contributed by atoms with E-state index >= 15 is 0 Å². The normalized spacial score (nSPS) is 21.6. The van der Waals surface area contributed by atoms with Crippen molar-refractivity contribution in [3.63, 3.8) is 0 Å². The van der Waals surface area contributed by atoms with Gasteiger partial charge in [0.2, 0.25) is 0 Å². The van der Waals surface area contributed by atoms with Gasteiger partial charge < -0.3 is 10.1 Å². The van der Waals surface area contributed by atoms with Gasteiger partial charge >= 0.3 is 12.0 Å². The Morgan fingerprint density at radius 2 is 1.76 bits per heavy atom. The van der Waals surface area contributed by atoms with Gasteiger partial charge in [-0.05, 0) is 70.3 Å². The molecule has 29 heavy (non-hydrogen) atoms. The molecule has 0 saturated heterocycles. The van der Waals surface area contributed by atoms with Crippen LogP contribution in [0.25, 0.3) is 0 Å². The summed E-state index contributed by atoms with van der Waals surface area (Å²) in [5, 5.41) is 2.50. The van der Waals surface area contributed by atoms with Crippen LogP contribution in [0.1, 0.15) is 20.8 Å². The predicted octanol–water partition coefficient (Wildman–Crippen LogP) is 4.38. The number of nitrogens with one attached hydrogen (secondary N) is 2. The number of halogens is 2. The van der Waals surface area contributed by atoms with Crippen LogP contribution in [0.5, 0.6) is 0 Å². The van der Waals surface area contributed by atoms with Crippen LogP contribution < -0.4 is 10.0 Å². The number of sulfonamides is 1. The van der Waals surface area contributed by atoms with Gasteiger partial charge in [0.05, 0.1) is 10.2 Å². The van der Waals surface area contributed by atoms with E-state index in [4.69, 9.17) is 4.74 Å². The third-order valence-corrected chi connectivity index (χ3v) is 8.31. The van der Waals surface area contributed by atoms with Crippen LogP contribution in [0.4, 0.5) is 10.5 Å². The number of benzene rings is 1. The molecular weight excluding hydrogens is 528 g/mol. The maximum atomic E-state index is 13.0. The first kappa shape index (κ1) is 21.8. The number of anilines is 1. The average Bonchev–Trinajstić information content (AvgIpc) is 2.57. The Morgan fingerprint density at radius 1 is 1.10 bits per heavy atom. The first-order valence-corrected chi connectivity index (χ1v) is 11.6. The van der Waals surface area contributed by atoms with E-state index in [1.54, 1.807) is 38.1 Å². The smallest absolute Gasteiger partial charge is 0.333 e. The van der Waals surface area contributed by atoms with Gasteiger partial charge in [0.25, 0.3) is 10.0 Å². The van der Waals surface area contributed by atoms with Crippen LogP contribution >= 0.6 is 31.9 Å². The lowest BCUT2D eigenvalue weighted by molar-refractivity contribution is -0.143. The lowest BCUT2D eigenvalue weighted by atomic mass is 9.81. The summed E-state index contributed by atoms with van der Waals surface area (Å²) in [6.07, 6.45) is 2.07. The second kappa shape index (κ2) is 8.08. The van der Waals surface area contributed by atoms with Gasteiger partial charge in [-0.1, -0.05) is 23.3 Å². The molecule has 0 aromatic heterocycles. The van der Waals surface area contributed by atoms with Gasteiger partial charge in [0, 0.05) is 16.5 Å². The van der Waals surface area contributed by atoms with Crippen LogP contribution in [0, 0.1) is 5.92 Å². The van der Waals surface area contributed by atoms with E-state index in [-0.39, 0.29) is 10.8 Å². The zero-order valence-electron chi connectivity index (χ0n) is 15.7. The molecule has 1 aliphatic carbocycles. The van der Waals surface area contributed by atoms with E-state index in [0.29, 0.717) is 25.8 Å². The molecule has 2 unspecified atom stereocenters. The lowest BCUT2D eigenvalue weighted by Crippen LogP contribution is -2.44. The van der Waals surface area contributed by atoms with E-state index in [9.17, 15) is 18.0 Å². The third-order valence-electron chi connectivity index (χ3n) is 4.68. The molecular formula is C19H18Br2N2O5S. The molecule has 3 rings (SSSR count). The Balaban J connectivity index is 1.91. The van der Waals surface area contributed by atoms with Crippen molar-refractivity contribution >= 4 is 59.6 Å². The van der Waals surface area contributed by atoms with Gasteiger partial charge in [-0.3, -0.25) is 0 Å². The quantitative estimate of drug-likeness (QED) is 0.549. The maximum absolute atomic E-state index is 13.0. The van der Waals surface area contributed by atoms with Crippen molar-refractivity contribution in [1.82, 2.24) is 4.72 Å². The maximum Gasteiger partial charge on any atom is 0.333 e. The standard InChI is InChI=1S/C19H18Br2N2O5S/c1-9-7-11(3)18(17-15(9)10(2)8-14(24)28-17)29(26,27)23-19(25)22-13-6-4-5-12(20)16(13)21/h4-8,15,17H,1-3H3,(H2,22,23,25). The molecule has 2 atom stereocenters. The predicted molar refractivity (Wildman–Crippen MR) is 117 cm³/mol. The molecule has 2 amide bonds. The van der Waals surface area contributed by atoms with Crippen molar-refractivity contribution in [2.75, 3.05) is 5.32 Å². The number of amides is 2. The fraction of sp³-hybridized carbons (Fsp3) is 0.263. The molecule has 0 spiro atoms.